The maximum absolute atomic E-state index is 13.5. The van der Waals surface area contributed by atoms with Crippen LogP contribution in [0.15, 0.2) is 24.3 Å². The highest BCUT2D eigenvalue weighted by atomic mass is 35.5. The molecule has 1 aromatic carbocycles. The fourth-order valence-corrected chi connectivity index (χ4v) is 2.01. The van der Waals surface area contributed by atoms with E-state index in [2.05, 4.69) is 14.9 Å². The van der Waals surface area contributed by atoms with E-state index in [9.17, 15) is 9.18 Å². The van der Waals surface area contributed by atoms with Gasteiger partial charge in [-0.2, -0.15) is 0 Å². The molecule has 0 spiro atoms. The first-order chi connectivity index (χ1) is 10.4. The molecule has 2 N–H and O–H groups in total. The number of carbonyl (C=O) groups is 1. The van der Waals surface area contributed by atoms with Gasteiger partial charge in [-0.3, -0.25) is 0 Å². The lowest BCUT2D eigenvalue weighted by Crippen LogP contribution is -2.13. The van der Waals surface area contributed by atoms with Crippen molar-refractivity contribution in [1.29, 1.82) is 0 Å². The van der Waals surface area contributed by atoms with E-state index in [0.29, 0.717) is 5.56 Å². The molecule has 2 aromatic rings. The van der Waals surface area contributed by atoms with E-state index in [0.717, 1.165) is 0 Å². The Morgan fingerprint density at radius 3 is 2.77 bits per heavy atom. The topological polar surface area (TPSA) is 87.3 Å². The van der Waals surface area contributed by atoms with Crippen LogP contribution in [0.25, 0.3) is 0 Å². The summed E-state index contributed by atoms with van der Waals surface area (Å²) in [6.45, 7) is 1.63. The number of anilines is 1. The summed E-state index contributed by atoms with van der Waals surface area (Å²) in [6.07, 6.45) is -0.688. The molecule has 0 amide bonds. The van der Waals surface area contributed by atoms with Crippen LogP contribution in [0.4, 0.5) is 10.2 Å². The van der Waals surface area contributed by atoms with Gasteiger partial charge >= 0.3 is 5.97 Å². The number of nitrogens with two attached hydrogens (primary N) is 1. The number of carbonyl (C=O) groups excluding carboxylic acids is 1. The van der Waals surface area contributed by atoms with Crippen LogP contribution in [0.2, 0.25) is 5.15 Å². The molecule has 1 atom stereocenters. The van der Waals surface area contributed by atoms with Gasteiger partial charge in [0.15, 0.2) is 16.7 Å². The second-order valence-electron chi connectivity index (χ2n) is 4.40. The molecule has 1 aromatic heterocycles. The van der Waals surface area contributed by atoms with E-state index in [4.69, 9.17) is 22.1 Å². The van der Waals surface area contributed by atoms with Crippen molar-refractivity contribution in [3.8, 4) is 5.75 Å². The van der Waals surface area contributed by atoms with E-state index in [-0.39, 0.29) is 22.3 Å². The maximum atomic E-state index is 13.5. The predicted molar refractivity (Wildman–Crippen MR) is 78.2 cm³/mol. The standard InChI is InChI=1S/C14H13ClFN3O3/c1-7(22-11-6-12(15)18-19-13(11)17)10-5-8(16)3-4-9(10)14(20)21-2/h3-7H,1-2H3,(H2,17,19). The molecule has 0 aliphatic carbocycles. The summed E-state index contributed by atoms with van der Waals surface area (Å²) in [5.74, 6) is -0.874. The minimum atomic E-state index is -0.688. The van der Waals surface area contributed by atoms with Gasteiger partial charge < -0.3 is 15.2 Å². The molecule has 1 heterocycles. The van der Waals surface area contributed by atoms with Crippen LogP contribution >= 0.6 is 11.6 Å². The average Bonchev–Trinajstić information content (AvgIpc) is 2.50. The highest BCUT2D eigenvalue weighted by Gasteiger charge is 2.20. The van der Waals surface area contributed by atoms with Gasteiger partial charge in [-0.15, -0.1) is 10.2 Å². The second kappa shape index (κ2) is 6.57. The molecule has 0 saturated heterocycles. The SMILES string of the molecule is COC(=O)c1ccc(F)cc1C(C)Oc1cc(Cl)nnc1N. The Hall–Kier alpha value is -2.41. The Morgan fingerprint density at radius 1 is 1.36 bits per heavy atom. The van der Waals surface area contributed by atoms with Crippen molar-refractivity contribution in [2.24, 2.45) is 0 Å². The zero-order chi connectivity index (χ0) is 16.3. The van der Waals surface area contributed by atoms with Crippen molar-refractivity contribution >= 4 is 23.4 Å². The number of ether oxygens (including phenoxy) is 2. The Labute approximate surface area is 131 Å². The van der Waals surface area contributed by atoms with Crippen LogP contribution < -0.4 is 10.5 Å². The van der Waals surface area contributed by atoms with Gasteiger partial charge in [-0.25, -0.2) is 9.18 Å². The Morgan fingerprint density at radius 2 is 2.09 bits per heavy atom. The number of methoxy groups -OCH3 is 1. The fraction of sp³-hybridized carbons (Fsp3) is 0.214. The van der Waals surface area contributed by atoms with Crippen molar-refractivity contribution in [2.45, 2.75) is 13.0 Å². The third-order valence-electron chi connectivity index (χ3n) is 2.92. The van der Waals surface area contributed by atoms with Crippen molar-refractivity contribution in [2.75, 3.05) is 12.8 Å². The van der Waals surface area contributed by atoms with Gasteiger partial charge in [-0.05, 0) is 25.1 Å². The van der Waals surface area contributed by atoms with E-state index in [1.807, 2.05) is 0 Å². The lowest BCUT2D eigenvalue weighted by atomic mass is 10.0. The lowest BCUT2D eigenvalue weighted by molar-refractivity contribution is 0.0595. The van der Waals surface area contributed by atoms with E-state index in [1.165, 1.54) is 31.4 Å². The van der Waals surface area contributed by atoms with Crippen LogP contribution in [-0.4, -0.2) is 23.3 Å². The van der Waals surface area contributed by atoms with Crippen molar-refractivity contribution < 1.29 is 18.7 Å². The maximum Gasteiger partial charge on any atom is 0.338 e. The number of hydrogen-bond acceptors (Lipinski definition) is 6. The van der Waals surface area contributed by atoms with E-state index < -0.39 is 17.9 Å². The number of nitrogens with zero attached hydrogens (tertiary/aromatic N) is 2. The first-order valence-electron chi connectivity index (χ1n) is 6.25. The molecule has 2 rings (SSSR count). The summed E-state index contributed by atoms with van der Waals surface area (Å²) in [5, 5.41) is 7.29. The monoisotopic (exact) mass is 325 g/mol. The second-order valence-corrected chi connectivity index (χ2v) is 4.79. The van der Waals surface area contributed by atoms with Gasteiger partial charge in [0.05, 0.1) is 12.7 Å². The number of hydrogen-bond donors (Lipinski definition) is 1. The molecule has 0 aliphatic heterocycles. The quantitative estimate of drug-likeness (QED) is 0.870. The number of aromatic nitrogens is 2. The minimum absolute atomic E-state index is 0.0345. The lowest BCUT2D eigenvalue weighted by Gasteiger charge is -2.18. The zero-order valence-electron chi connectivity index (χ0n) is 11.8. The molecule has 22 heavy (non-hydrogen) atoms. The molecule has 0 bridgehead atoms. The number of rotatable bonds is 4. The molecule has 116 valence electrons. The zero-order valence-corrected chi connectivity index (χ0v) is 12.6. The summed E-state index contributed by atoms with van der Waals surface area (Å²) in [6, 6.07) is 5.08. The molecule has 0 fully saturated rings. The third kappa shape index (κ3) is 3.43. The summed E-state index contributed by atoms with van der Waals surface area (Å²) >= 11 is 5.73. The summed E-state index contributed by atoms with van der Waals surface area (Å²) in [5.41, 5.74) is 6.16. The molecule has 0 radical (unpaired) electrons. The van der Waals surface area contributed by atoms with Crippen LogP contribution in [-0.2, 0) is 4.74 Å². The molecule has 0 saturated carbocycles. The van der Waals surface area contributed by atoms with Crippen LogP contribution in [0.1, 0.15) is 28.9 Å². The molecular formula is C14H13ClFN3O3. The van der Waals surface area contributed by atoms with Crippen molar-refractivity contribution in [3.05, 3.63) is 46.4 Å². The van der Waals surface area contributed by atoms with Gasteiger partial charge in [0, 0.05) is 11.6 Å². The Balaban J connectivity index is 2.36. The van der Waals surface area contributed by atoms with Gasteiger partial charge in [-0.1, -0.05) is 11.6 Å². The highest BCUT2D eigenvalue weighted by Crippen LogP contribution is 2.29. The predicted octanol–water partition coefficient (Wildman–Crippen LogP) is 2.78. The van der Waals surface area contributed by atoms with Crippen LogP contribution in [0.3, 0.4) is 0 Å². The number of nitrogen functional groups attached to an aromatic ring is 1. The largest absolute Gasteiger partial charge is 0.482 e. The summed E-state index contributed by atoms with van der Waals surface area (Å²) < 4.78 is 23.8. The molecule has 0 aliphatic rings. The van der Waals surface area contributed by atoms with Gasteiger partial charge in [0.25, 0.3) is 0 Å². The average molecular weight is 326 g/mol. The van der Waals surface area contributed by atoms with Crippen molar-refractivity contribution in [3.63, 3.8) is 0 Å². The number of halogens is 2. The highest BCUT2D eigenvalue weighted by molar-refractivity contribution is 6.29. The van der Waals surface area contributed by atoms with E-state index >= 15 is 0 Å². The molecule has 6 nitrogen and oxygen atoms in total. The number of esters is 1. The summed E-state index contributed by atoms with van der Waals surface area (Å²) in [4.78, 5) is 11.8. The number of benzene rings is 1. The first kappa shape index (κ1) is 16.0. The Kier molecular flexibility index (Phi) is 4.77. The Bertz CT molecular complexity index is 712. The molecular weight excluding hydrogens is 313 g/mol. The summed E-state index contributed by atoms with van der Waals surface area (Å²) in [7, 11) is 1.24. The van der Waals surface area contributed by atoms with Gasteiger partial charge in [0.2, 0.25) is 0 Å². The van der Waals surface area contributed by atoms with Crippen LogP contribution in [0, 0.1) is 5.82 Å². The third-order valence-corrected chi connectivity index (χ3v) is 3.10. The molecule has 8 heteroatoms. The smallest absolute Gasteiger partial charge is 0.338 e. The van der Waals surface area contributed by atoms with E-state index in [1.54, 1.807) is 6.92 Å². The minimum Gasteiger partial charge on any atom is -0.482 e. The first-order valence-corrected chi connectivity index (χ1v) is 6.63. The van der Waals surface area contributed by atoms with Crippen molar-refractivity contribution in [1.82, 2.24) is 10.2 Å². The fourth-order valence-electron chi connectivity index (χ4n) is 1.88. The van der Waals surface area contributed by atoms with Crippen LogP contribution in [0.5, 0.6) is 5.75 Å². The molecule has 1 unspecified atom stereocenters. The normalized spacial score (nSPS) is 11.8. The van der Waals surface area contributed by atoms with Gasteiger partial charge in [0.1, 0.15) is 11.9 Å².